The summed E-state index contributed by atoms with van der Waals surface area (Å²) in [7, 11) is 0. The molecular weight excluding hydrogens is 508 g/mol. The van der Waals surface area contributed by atoms with E-state index in [9.17, 15) is 0 Å². The Morgan fingerprint density at radius 2 is 1.05 bits per heavy atom. The summed E-state index contributed by atoms with van der Waals surface area (Å²) in [4.78, 5) is 0. The molecule has 0 saturated carbocycles. The van der Waals surface area contributed by atoms with E-state index in [1.165, 1.54) is 80.2 Å². The largest absolute Gasteiger partial charge is 0.456 e. The Kier molecular flexibility index (Phi) is 3.27. The first kappa shape index (κ1) is 19.9. The number of thiophene rings is 1. The highest BCUT2D eigenvalue weighted by Gasteiger charge is 2.22. The van der Waals surface area contributed by atoms with E-state index < -0.39 is 0 Å². The van der Waals surface area contributed by atoms with Gasteiger partial charge in [0.1, 0.15) is 11.2 Å². The lowest BCUT2D eigenvalue weighted by molar-refractivity contribution is 0.669. The van der Waals surface area contributed by atoms with Gasteiger partial charge in [-0.2, -0.15) is 0 Å². The standard InChI is InChI=1S/C36H18N2OS/c1-3-13-31-19(7-1)25-15-23-21-9-5-11-27-35(21)38(30(23)18-32(25)39-31)28-12-6-10-22-24-17-34-26(16-29(24)37(27)36(22)28)20-8-2-4-14-33(20)40-34/h1-18H. The number of fused-ring (bicyclic) bond motifs is 14. The average molecular weight is 527 g/mol. The zero-order chi connectivity index (χ0) is 25.7. The molecule has 0 radical (unpaired) electrons. The van der Waals surface area contributed by atoms with Gasteiger partial charge in [-0.3, -0.25) is 0 Å². The zero-order valence-electron chi connectivity index (χ0n) is 21.1. The van der Waals surface area contributed by atoms with Crippen LogP contribution in [0.25, 0.3) is 96.8 Å². The SMILES string of the molecule is c1ccc2c(c1)oc1cc3c(cc12)c1cccc2c1n3c1cccc3c4cc5sc6ccccc6c5cc4n2c31. The van der Waals surface area contributed by atoms with Crippen molar-refractivity contribution in [1.82, 2.24) is 8.80 Å². The van der Waals surface area contributed by atoms with Crippen LogP contribution in [0.5, 0.6) is 0 Å². The molecule has 11 rings (SSSR count). The molecule has 5 heterocycles. The summed E-state index contributed by atoms with van der Waals surface area (Å²) >= 11 is 1.88. The van der Waals surface area contributed by atoms with Crippen LogP contribution >= 0.6 is 11.3 Å². The molecule has 6 aromatic carbocycles. The predicted molar refractivity (Wildman–Crippen MR) is 170 cm³/mol. The molecule has 40 heavy (non-hydrogen) atoms. The number of hydrogen-bond donors (Lipinski definition) is 0. The highest BCUT2D eigenvalue weighted by molar-refractivity contribution is 7.25. The number of para-hydroxylation sites is 3. The lowest BCUT2D eigenvalue weighted by Crippen LogP contribution is -1.96. The van der Waals surface area contributed by atoms with E-state index in [0.29, 0.717) is 0 Å². The summed E-state index contributed by atoms with van der Waals surface area (Å²) < 4.78 is 14.0. The Morgan fingerprint density at radius 3 is 1.85 bits per heavy atom. The molecule has 0 unspecified atom stereocenters. The summed E-state index contributed by atoms with van der Waals surface area (Å²) in [5.41, 5.74) is 9.28. The molecular formula is C36H18N2OS. The van der Waals surface area contributed by atoms with Crippen LogP contribution in [0.3, 0.4) is 0 Å². The Labute approximate surface area is 230 Å². The first-order valence-electron chi connectivity index (χ1n) is 13.6. The molecule has 5 aromatic heterocycles. The second-order valence-corrected chi connectivity index (χ2v) is 12.0. The second-order valence-electron chi connectivity index (χ2n) is 10.9. The molecule has 0 bridgehead atoms. The fourth-order valence-corrected chi connectivity index (χ4v) is 8.52. The van der Waals surface area contributed by atoms with Crippen molar-refractivity contribution < 1.29 is 4.42 Å². The van der Waals surface area contributed by atoms with Crippen LogP contribution in [0.4, 0.5) is 0 Å². The Balaban J connectivity index is 1.42. The predicted octanol–water partition coefficient (Wildman–Crippen LogP) is 10.5. The Bertz CT molecular complexity index is 2870. The molecule has 0 aliphatic carbocycles. The van der Waals surface area contributed by atoms with Gasteiger partial charge in [-0.05, 0) is 42.5 Å². The molecule has 0 aliphatic rings. The summed E-state index contributed by atoms with van der Waals surface area (Å²) in [6.45, 7) is 0. The van der Waals surface area contributed by atoms with Gasteiger partial charge in [-0.15, -0.1) is 11.3 Å². The maximum Gasteiger partial charge on any atom is 0.137 e. The molecule has 0 amide bonds. The first-order chi connectivity index (χ1) is 19.8. The summed E-state index contributed by atoms with van der Waals surface area (Å²) in [5.74, 6) is 0. The second kappa shape index (κ2) is 6.56. The van der Waals surface area contributed by atoms with E-state index in [1.54, 1.807) is 0 Å². The molecule has 0 N–H and O–H groups in total. The van der Waals surface area contributed by atoms with Crippen molar-refractivity contribution in [3.63, 3.8) is 0 Å². The van der Waals surface area contributed by atoms with Crippen LogP contribution in [0.2, 0.25) is 0 Å². The number of nitrogens with zero attached hydrogens (tertiary/aromatic N) is 2. The van der Waals surface area contributed by atoms with Gasteiger partial charge in [0.15, 0.2) is 0 Å². The van der Waals surface area contributed by atoms with E-state index in [4.69, 9.17) is 4.42 Å². The Hall–Kier alpha value is -5.06. The molecule has 184 valence electrons. The van der Waals surface area contributed by atoms with Gasteiger partial charge in [-0.1, -0.05) is 60.7 Å². The number of benzene rings is 6. The number of hydrogen-bond acceptors (Lipinski definition) is 2. The monoisotopic (exact) mass is 526 g/mol. The minimum atomic E-state index is 0.930. The van der Waals surface area contributed by atoms with Gasteiger partial charge in [0, 0.05) is 58.6 Å². The van der Waals surface area contributed by atoms with Gasteiger partial charge in [0.05, 0.1) is 33.1 Å². The normalized spacial score (nSPS) is 13.0. The van der Waals surface area contributed by atoms with Crippen molar-refractivity contribution in [2.24, 2.45) is 0 Å². The van der Waals surface area contributed by atoms with Crippen molar-refractivity contribution in [2.75, 3.05) is 0 Å². The van der Waals surface area contributed by atoms with Crippen molar-refractivity contribution >= 4 is 108 Å². The third-order valence-corrected chi connectivity index (χ3v) is 10.1. The maximum atomic E-state index is 6.35. The van der Waals surface area contributed by atoms with Gasteiger partial charge in [-0.25, -0.2) is 0 Å². The third-order valence-electron chi connectivity index (χ3n) is 9.01. The lowest BCUT2D eigenvalue weighted by Gasteiger charge is -2.11. The van der Waals surface area contributed by atoms with Gasteiger partial charge in [0.2, 0.25) is 0 Å². The average Bonchev–Trinajstić information content (AvgIpc) is 3.72. The molecule has 0 aliphatic heterocycles. The highest BCUT2D eigenvalue weighted by Crippen LogP contribution is 2.44. The van der Waals surface area contributed by atoms with Gasteiger partial charge < -0.3 is 13.2 Å². The van der Waals surface area contributed by atoms with Crippen LogP contribution in [-0.4, -0.2) is 8.80 Å². The van der Waals surface area contributed by atoms with E-state index in [1.807, 2.05) is 17.4 Å². The summed E-state index contributed by atoms with van der Waals surface area (Å²) in [6.07, 6.45) is 0. The Morgan fingerprint density at radius 1 is 0.400 bits per heavy atom. The smallest absolute Gasteiger partial charge is 0.137 e. The highest BCUT2D eigenvalue weighted by atomic mass is 32.1. The minimum absolute atomic E-state index is 0.930. The van der Waals surface area contributed by atoms with E-state index in [-0.39, 0.29) is 0 Å². The minimum Gasteiger partial charge on any atom is -0.456 e. The molecule has 0 spiro atoms. The number of aromatic nitrogens is 2. The van der Waals surface area contributed by atoms with Crippen LogP contribution in [-0.2, 0) is 0 Å². The number of rotatable bonds is 0. The lowest BCUT2D eigenvalue weighted by atomic mass is 10.1. The summed E-state index contributed by atoms with van der Waals surface area (Å²) in [6, 6.07) is 40.0. The molecule has 4 heteroatoms. The van der Waals surface area contributed by atoms with Crippen LogP contribution in [0, 0.1) is 0 Å². The molecule has 11 aromatic rings. The quantitative estimate of drug-likeness (QED) is 0.180. The van der Waals surface area contributed by atoms with Crippen molar-refractivity contribution in [3.05, 3.63) is 109 Å². The summed E-state index contributed by atoms with van der Waals surface area (Å²) in [5, 5.41) is 10.1. The topological polar surface area (TPSA) is 22.0 Å². The van der Waals surface area contributed by atoms with Crippen molar-refractivity contribution in [2.45, 2.75) is 0 Å². The maximum absolute atomic E-state index is 6.35. The molecule has 0 saturated heterocycles. The van der Waals surface area contributed by atoms with Crippen molar-refractivity contribution in [1.29, 1.82) is 0 Å². The zero-order valence-corrected chi connectivity index (χ0v) is 21.9. The van der Waals surface area contributed by atoms with Crippen LogP contribution < -0.4 is 0 Å². The third kappa shape index (κ3) is 2.15. The van der Waals surface area contributed by atoms with E-state index >= 15 is 0 Å². The molecule has 0 atom stereocenters. The van der Waals surface area contributed by atoms with Crippen LogP contribution in [0.15, 0.2) is 114 Å². The van der Waals surface area contributed by atoms with Gasteiger partial charge >= 0.3 is 0 Å². The molecule has 0 fully saturated rings. The molecule has 3 nitrogen and oxygen atoms in total. The van der Waals surface area contributed by atoms with E-state index in [2.05, 4.69) is 112 Å². The van der Waals surface area contributed by atoms with Crippen molar-refractivity contribution in [3.8, 4) is 0 Å². The first-order valence-corrected chi connectivity index (χ1v) is 14.4. The fraction of sp³-hybridized carbons (Fsp3) is 0. The fourth-order valence-electron chi connectivity index (χ4n) is 7.39. The van der Waals surface area contributed by atoms with Crippen LogP contribution in [0.1, 0.15) is 0 Å². The number of furan rings is 1. The van der Waals surface area contributed by atoms with E-state index in [0.717, 1.165) is 16.6 Å². The van der Waals surface area contributed by atoms with Gasteiger partial charge in [0.25, 0.3) is 0 Å².